The minimum absolute atomic E-state index is 0.191. The van der Waals surface area contributed by atoms with Crippen LogP contribution >= 0.6 is 11.3 Å². The standard InChI is InChI=1S/C14H14F3N5O2S/c1-21(2)10(23)6-22(8-14(15,16)17)13(24)9-7-25-12(20-9)11-18-4-3-5-19-11/h3-5,7H,6,8H2,1-2H3. The number of amides is 2. The lowest BCUT2D eigenvalue weighted by molar-refractivity contribution is -0.146. The van der Waals surface area contributed by atoms with Gasteiger partial charge < -0.3 is 9.80 Å². The van der Waals surface area contributed by atoms with Crippen LogP contribution in [-0.4, -0.2) is 69.9 Å². The van der Waals surface area contributed by atoms with E-state index >= 15 is 0 Å². The van der Waals surface area contributed by atoms with Gasteiger partial charge in [0.05, 0.1) is 0 Å². The van der Waals surface area contributed by atoms with E-state index in [4.69, 9.17) is 0 Å². The molecular formula is C14H14F3N5O2S. The molecule has 0 radical (unpaired) electrons. The van der Waals surface area contributed by atoms with Crippen molar-refractivity contribution in [2.24, 2.45) is 0 Å². The summed E-state index contributed by atoms with van der Waals surface area (Å²) >= 11 is 1.03. The van der Waals surface area contributed by atoms with Gasteiger partial charge in [0.1, 0.15) is 18.8 Å². The van der Waals surface area contributed by atoms with Crippen molar-refractivity contribution in [3.05, 3.63) is 29.5 Å². The van der Waals surface area contributed by atoms with E-state index in [1.165, 1.54) is 31.9 Å². The quantitative estimate of drug-likeness (QED) is 0.797. The van der Waals surface area contributed by atoms with Crippen LogP contribution in [0.2, 0.25) is 0 Å². The van der Waals surface area contributed by atoms with Gasteiger partial charge >= 0.3 is 6.18 Å². The number of carbonyl (C=O) groups excluding carboxylic acids is 2. The zero-order valence-corrected chi connectivity index (χ0v) is 14.1. The summed E-state index contributed by atoms with van der Waals surface area (Å²) in [6, 6.07) is 1.60. The molecule has 0 unspecified atom stereocenters. The molecule has 2 heterocycles. The highest BCUT2D eigenvalue weighted by atomic mass is 32.1. The number of carbonyl (C=O) groups is 2. The van der Waals surface area contributed by atoms with Gasteiger partial charge in [-0.05, 0) is 6.07 Å². The van der Waals surface area contributed by atoms with E-state index in [1.54, 1.807) is 6.07 Å². The van der Waals surface area contributed by atoms with Crippen molar-refractivity contribution in [3.63, 3.8) is 0 Å². The molecule has 0 atom stereocenters. The van der Waals surface area contributed by atoms with Crippen LogP contribution in [0.5, 0.6) is 0 Å². The predicted octanol–water partition coefficient (Wildman–Crippen LogP) is 1.69. The van der Waals surface area contributed by atoms with E-state index in [9.17, 15) is 22.8 Å². The average molecular weight is 373 g/mol. The van der Waals surface area contributed by atoms with Crippen LogP contribution in [-0.2, 0) is 4.79 Å². The molecule has 0 saturated carbocycles. The van der Waals surface area contributed by atoms with E-state index in [2.05, 4.69) is 15.0 Å². The largest absolute Gasteiger partial charge is 0.406 e. The Balaban J connectivity index is 2.23. The summed E-state index contributed by atoms with van der Waals surface area (Å²) in [5.74, 6) is -1.34. The Morgan fingerprint density at radius 1 is 1.20 bits per heavy atom. The third-order valence-corrected chi connectivity index (χ3v) is 3.80. The molecule has 0 aliphatic rings. The van der Waals surface area contributed by atoms with Crippen LogP contribution in [0.4, 0.5) is 13.2 Å². The third-order valence-electron chi connectivity index (χ3n) is 2.96. The molecule has 2 aromatic heterocycles. The van der Waals surface area contributed by atoms with Crippen LogP contribution in [0.1, 0.15) is 10.5 Å². The van der Waals surface area contributed by atoms with Crippen LogP contribution in [0.3, 0.4) is 0 Å². The van der Waals surface area contributed by atoms with Gasteiger partial charge in [0.2, 0.25) is 5.91 Å². The highest BCUT2D eigenvalue weighted by molar-refractivity contribution is 7.13. The SMILES string of the molecule is CN(C)C(=O)CN(CC(F)(F)F)C(=O)c1csc(-c2ncccn2)n1. The Labute approximate surface area is 145 Å². The molecule has 0 aliphatic carbocycles. The maximum atomic E-state index is 12.7. The van der Waals surface area contributed by atoms with Gasteiger partial charge in [0.15, 0.2) is 10.8 Å². The minimum Gasteiger partial charge on any atom is -0.347 e. The second-order valence-electron chi connectivity index (χ2n) is 5.17. The smallest absolute Gasteiger partial charge is 0.347 e. The molecule has 0 fully saturated rings. The fourth-order valence-electron chi connectivity index (χ4n) is 1.77. The van der Waals surface area contributed by atoms with Gasteiger partial charge in [0.25, 0.3) is 5.91 Å². The van der Waals surface area contributed by atoms with E-state index in [-0.39, 0.29) is 11.5 Å². The van der Waals surface area contributed by atoms with Gasteiger partial charge in [-0.3, -0.25) is 9.59 Å². The fraction of sp³-hybridized carbons (Fsp3) is 0.357. The number of thiazole rings is 1. The molecule has 2 rings (SSSR count). The van der Waals surface area contributed by atoms with Crippen LogP contribution in [0, 0.1) is 0 Å². The molecule has 11 heteroatoms. The predicted molar refractivity (Wildman–Crippen MR) is 83.8 cm³/mol. The molecule has 2 amide bonds. The number of alkyl halides is 3. The molecule has 7 nitrogen and oxygen atoms in total. The van der Waals surface area contributed by atoms with Gasteiger partial charge in [0, 0.05) is 31.9 Å². The Kier molecular flexibility index (Phi) is 5.67. The summed E-state index contributed by atoms with van der Waals surface area (Å²) in [6.45, 7) is -2.24. The minimum atomic E-state index is -4.64. The van der Waals surface area contributed by atoms with Crippen molar-refractivity contribution in [2.45, 2.75) is 6.18 Å². The molecule has 0 aliphatic heterocycles. The number of nitrogens with zero attached hydrogens (tertiary/aromatic N) is 5. The van der Waals surface area contributed by atoms with Crippen LogP contribution < -0.4 is 0 Å². The van der Waals surface area contributed by atoms with Crippen LogP contribution in [0.25, 0.3) is 10.8 Å². The molecule has 0 N–H and O–H groups in total. The molecule has 0 aromatic carbocycles. The molecule has 0 bridgehead atoms. The molecule has 134 valence electrons. The van der Waals surface area contributed by atoms with E-state index in [1.807, 2.05) is 0 Å². The van der Waals surface area contributed by atoms with Gasteiger partial charge in [-0.1, -0.05) is 0 Å². The van der Waals surface area contributed by atoms with E-state index < -0.39 is 31.1 Å². The summed E-state index contributed by atoms with van der Waals surface area (Å²) in [7, 11) is 2.79. The lowest BCUT2D eigenvalue weighted by atomic mass is 10.3. The van der Waals surface area contributed by atoms with E-state index in [0.29, 0.717) is 9.91 Å². The number of likely N-dealkylation sites (N-methyl/N-ethyl adjacent to an activating group) is 1. The van der Waals surface area contributed by atoms with Crippen LogP contribution in [0.15, 0.2) is 23.8 Å². The topological polar surface area (TPSA) is 79.3 Å². The summed E-state index contributed by atoms with van der Waals surface area (Å²) in [5.41, 5.74) is -0.191. The highest BCUT2D eigenvalue weighted by Gasteiger charge is 2.35. The maximum absolute atomic E-state index is 12.7. The zero-order chi connectivity index (χ0) is 18.6. The number of aromatic nitrogens is 3. The fourth-order valence-corrected chi connectivity index (χ4v) is 2.51. The van der Waals surface area contributed by atoms with Gasteiger partial charge in [-0.15, -0.1) is 11.3 Å². The first kappa shape index (κ1) is 18.8. The molecular weight excluding hydrogens is 359 g/mol. The normalized spacial score (nSPS) is 11.2. The number of hydrogen-bond acceptors (Lipinski definition) is 6. The monoisotopic (exact) mass is 373 g/mol. The second-order valence-corrected chi connectivity index (χ2v) is 6.03. The lowest BCUT2D eigenvalue weighted by Gasteiger charge is -2.24. The van der Waals surface area contributed by atoms with Crippen molar-refractivity contribution in [2.75, 3.05) is 27.2 Å². The number of rotatable bonds is 5. The lowest BCUT2D eigenvalue weighted by Crippen LogP contribution is -2.45. The molecule has 0 saturated heterocycles. The van der Waals surface area contributed by atoms with Crippen molar-refractivity contribution in [1.82, 2.24) is 24.8 Å². The van der Waals surface area contributed by atoms with Crippen molar-refractivity contribution in [1.29, 1.82) is 0 Å². The summed E-state index contributed by atoms with van der Waals surface area (Å²) in [5, 5.41) is 1.62. The van der Waals surface area contributed by atoms with Crippen molar-refractivity contribution in [3.8, 4) is 10.8 Å². The Morgan fingerprint density at radius 2 is 1.84 bits per heavy atom. The summed E-state index contributed by atoms with van der Waals surface area (Å²) in [6.07, 6.45) is -1.67. The van der Waals surface area contributed by atoms with Gasteiger partial charge in [-0.25, -0.2) is 15.0 Å². The van der Waals surface area contributed by atoms with Crippen molar-refractivity contribution < 1.29 is 22.8 Å². The first-order valence-corrected chi connectivity index (χ1v) is 7.84. The Bertz CT molecular complexity index is 748. The summed E-state index contributed by atoms with van der Waals surface area (Å²) < 4.78 is 38.2. The number of hydrogen-bond donors (Lipinski definition) is 0. The molecule has 25 heavy (non-hydrogen) atoms. The Morgan fingerprint density at radius 3 is 2.40 bits per heavy atom. The van der Waals surface area contributed by atoms with Gasteiger partial charge in [-0.2, -0.15) is 13.2 Å². The average Bonchev–Trinajstić information content (AvgIpc) is 3.03. The first-order chi connectivity index (χ1) is 11.7. The Hall–Kier alpha value is -2.56. The maximum Gasteiger partial charge on any atom is 0.406 e. The summed E-state index contributed by atoms with van der Waals surface area (Å²) in [4.78, 5) is 37.6. The zero-order valence-electron chi connectivity index (χ0n) is 13.3. The third kappa shape index (κ3) is 5.21. The highest BCUT2D eigenvalue weighted by Crippen LogP contribution is 2.22. The first-order valence-electron chi connectivity index (χ1n) is 6.96. The van der Waals surface area contributed by atoms with E-state index in [0.717, 1.165) is 16.2 Å². The van der Waals surface area contributed by atoms with Crippen molar-refractivity contribution >= 4 is 23.2 Å². The molecule has 2 aromatic rings. The molecule has 0 spiro atoms. The number of halogens is 3. The second kappa shape index (κ2) is 7.55.